The molecule has 1 aromatic rings. The van der Waals surface area contributed by atoms with E-state index in [1.165, 1.54) is 6.07 Å². The molecule has 1 aliphatic heterocycles. The number of hydrogen-bond donors (Lipinski definition) is 1. The number of benzene rings is 1. The predicted molar refractivity (Wildman–Crippen MR) is 70.8 cm³/mol. The van der Waals surface area contributed by atoms with Crippen LogP contribution in [0, 0.1) is 5.82 Å². The first-order valence-corrected chi connectivity index (χ1v) is 6.81. The molecule has 4 heteroatoms. The minimum atomic E-state index is -0.201. The van der Waals surface area contributed by atoms with E-state index in [4.69, 9.17) is 4.74 Å². The van der Waals surface area contributed by atoms with Crippen LogP contribution in [0.5, 0.6) is 0 Å². The lowest BCUT2D eigenvalue weighted by Gasteiger charge is -2.30. The fourth-order valence-corrected chi connectivity index (χ4v) is 2.48. The lowest BCUT2D eigenvalue weighted by atomic mass is 10.0. The summed E-state index contributed by atoms with van der Waals surface area (Å²) in [5.74, 6) is -0.201. The largest absolute Gasteiger partial charge is 0.380 e. The smallest absolute Gasteiger partial charge is 0.146 e. The van der Waals surface area contributed by atoms with Gasteiger partial charge in [0.2, 0.25) is 0 Å². The van der Waals surface area contributed by atoms with Gasteiger partial charge in [0.25, 0.3) is 0 Å². The molecule has 1 heterocycles. The summed E-state index contributed by atoms with van der Waals surface area (Å²) < 4.78 is 20.1. The second-order valence-corrected chi connectivity index (χ2v) is 5.31. The molecule has 0 radical (unpaired) electrons. The molecule has 2 rings (SSSR count). The Hall–Kier alpha value is -0.610. The highest BCUT2D eigenvalue weighted by Crippen LogP contribution is 2.24. The molecule has 2 nitrogen and oxygen atoms in total. The zero-order valence-corrected chi connectivity index (χ0v) is 11.5. The Labute approximate surface area is 110 Å². The molecular weight excluding hydrogens is 285 g/mol. The highest BCUT2D eigenvalue weighted by Gasteiger charge is 2.21. The molecule has 0 amide bonds. The molecule has 0 aromatic heterocycles. The molecule has 94 valence electrons. The number of hydrogen-bond acceptors (Lipinski definition) is 2. The maximum atomic E-state index is 13.6. The summed E-state index contributed by atoms with van der Waals surface area (Å²) in [6, 6.07) is 5.27. The fraction of sp³-hybridized carbons (Fsp3) is 0.538. The monoisotopic (exact) mass is 301 g/mol. The molecule has 2 atom stereocenters. The minimum Gasteiger partial charge on any atom is -0.380 e. The standard InChI is InChI=1S/C13H17BrFNO/c1-2-11-8-10(5-6-17-11)16-13-7-9(14)3-4-12(13)15/h3-4,7,10-11,16H,2,5-6,8H2,1H3. The van der Waals surface area contributed by atoms with Gasteiger partial charge in [0.1, 0.15) is 5.82 Å². The molecule has 0 saturated carbocycles. The van der Waals surface area contributed by atoms with E-state index < -0.39 is 0 Å². The van der Waals surface area contributed by atoms with Crippen molar-refractivity contribution < 1.29 is 9.13 Å². The number of nitrogens with one attached hydrogen (secondary N) is 1. The van der Waals surface area contributed by atoms with E-state index in [1.807, 2.05) is 0 Å². The first kappa shape index (κ1) is 12.8. The molecule has 1 saturated heterocycles. The van der Waals surface area contributed by atoms with Crippen LogP contribution in [-0.2, 0) is 4.74 Å². The van der Waals surface area contributed by atoms with Gasteiger partial charge in [0.05, 0.1) is 11.8 Å². The second-order valence-electron chi connectivity index (χ2n) is 4.39. The molecule has 0 spiro atoms. The first-order chi connectivity index (χ1) is 8.19. The van der Waals surface area contributed by atoms with E-state index in [0.29, 0.717) is 17.8 Å². The molecule has 17 heavy (non-hydrogen) atoms. The Morgan fingerprint density at radius 1 is 1.53 bits per heavy atom. The quantitative estimate of drug-likeness (QED) is 0.912. The van der Waals surface area contributed by atoms with E-state index in [1.54, 1.807) is 12.1 Å². The number of ether oxygens (including phenoxy) is 1. The van der Waals surface area contributed by atoms with E-state index in [9.17, 15) is 4.39 Å². The molecule has 1 aliphatic rings. The lowest BCUT2D eigenvalue weighted by molar-refractivity contribution is 0.00921. The van der Waals surface area contributed by atoms with Crippen molar-refractivity contribution >= 4 is 21.6 Å². The summed E-state index contributed by atoms with van der Waals surface area (Å²) in [6.07, 6.45) is 3.20. The van der Waals surface area contributed by atoms with Crippen LogP contribution in [0.15, 0.2) is 22.7 Å². The van der Waals surface area contributed by atoms with Crippen molar-refractivity contribution in [2.45, 2.75) is 38.3 Å². The third-order valence-electron chi connectivity index (χ3n) is 3.11. The van der Waals surface area contributed by atoms with Crippen molar-refractivity contribution in [3.8, 4) is 0 Å². The first-order valence-electron chi connectivity index (χ1n) is 6.02. The van der Waals surface area contributed by atoms with Gasteiger partial charge in [-0.05, 0) is 37.5 Å². The molecule has 1 fully saturated rings. The highest BCUT2D eigenvalue weighted by molar-refractivity contribution is 9.10. The molecule has 0 aliphatic carbocycles. The minimum absolute atomic E-state index is 0.201. The molecule has 2 unspecified atom stereocenters. The van der Waals surface area contributed by atoms with Crippen molar-refractivity contribution in [2.24, 2.45) is 0 Å². The third-order valence-corrected chi connectivity index (χ3v) is 3.60. The number of rotatable bonds is 3. The third kappa shape index (κ3) is 3.42. The second kappa shape index (κ2) is 5.83. The van der Waals surface area contributed by atoms with Gasteiger partial charge < -0.3 is 10.1 Å². The van der Waals surface area contributed by atoms with Gasteiger partial charge in [0, 0.05) is 17.1 Å². The van der Waals surface area contributed by atoms with Crippen molar-refractivity contribution in [1.82, 2.24) is 0 Å². The van der Waals surface area contributed by atoms with Gasteiger partial charge in [-0.25, -0.2) is 4.39 Å². The maximum absolute atomic E-state index is 13.6. The summed E-state index contributed by atoms with van der Waals surface area (Å²) in [5.41, 5.74) is 0.570. The van der Waals surface area contributed by atoms with Crippen LogP contribution >= 0.6 is 15.9 Å². The van der Waals surface area contributed by atoms with Gasteiger partial charge in [-0.15, -0.1) is 0 Å². The maximum Gasteiger partial charge on any atom is 0.146 e. The van der Waals surface area contributed by atoms with Crippen molar-refractivity contribution in [2.75, 3.05) is 11.9 Å². The highest BCUT2D eigenvalue weighted by atomic mass is 79.9. The van der Waals surface area contributed by atoms with Crippen LogP contribution in [-0.4, -0.2) is 18.8 Å². The Morgan fingerprint density at radius 3 is 3.12 bits per heavy atom. The van der Waals surface area contributed by atoms with Crippen molar-refractivity contribution in [3.63, 3.8) is 0 Å². The van der Waals surface area contributed by atoms with Gasteiger partial charge in [-0.3, -0.25) is 0 Å². The van der Waals surface area contributed by atoms with Gasteiger partial charge in [-0.2, -0.15) is 0 Å². The zero-order chi connectivity index (χ0) is 12.3. The van der Waals surface area contributed by atoms with Crippen LogP contribution in [0.25, 0.3) is 0 Å². The summed E-state index contributed by atoms with van der Waals surface area (Å²) in [5, 5.41) is 3.27. The van der Waals surface area contributed by atoms with Crippen molar-refractivity contribution in [1.29, 1.82) is 0 Å². The Balaban J connectivity index is 2.02. The molecule has 1 N–H and O–H groups in total. The van der Waals surface area contributed by atoms with E-state index in [2.05, 4.69) is 28.2 Å². The van der Waals surface area contributed by atoms with Crippen LogP contribution in [0.2, 0.25) is 0 Å². The summed E-state index contributed by atoms with van der Waals surface area (Å²) in [4.78, 5) is 0. The SMILES string of the molecule is CCC1CC(Nc2cc(Br)ccc2F)CCO1. The number of halogens is 2. The van der Waals surface area contributed by atoms with Crippen LogP contribution in [0.4, 0.5) is 10.1 Å². The molecule has 1 aromatic carbocycles. The average Bonchev–Trinajstić information content (AvgIpc) is 2.34. The number of anilines is 1. The van der Waals surface area contributed by atoms with E-state index in [0.717, 1.165) is 30.3 Å². The van der Waals surface area contributed by atoms with Gasteiger partial charge in [0.15, 0.2) is 0 Å². The van der Waals surface area contributed by atoms with Gasteiger partial charge in [-0.1, -0.05) is 22.9 Å². The average molecular weight is 302 g/mol. The lowest BCUT2D eigenvalue weighted by Crippen LogP contribution is -2.33. The zero-order valence-electron chi connectivity index (χ0n) is 9.88. The van der Waals surface area contributed by atoms with Crippen LogP contribution < -0.4 is 5.32 Å². The van der Waals surface area contributed by atoms with Crippen molar-refractivity contribution in [3.05, 3.63) is 28.5 Å². The molecular formula is C13H17BrFNO. The van der Waals surface area contributed by atoms with E-state index in [-0.39, 0.29) is 5.82 Å². The molecule has 0 bridgehead atoms. The van der Waals surface area contributed by atoms with Gasteiger partial charge >= 0.3 is 0 Å². The summed E-state index contributed by atoms with van der Waals surface area (Å²) in [6.45, 7) is 2.87. The van der Waals surface area contributed by atoms with Crippen LogP contribution in [0.3, 0.4) is 0 Å². The Morgan fingerprint density at radius 2 is 2.35 bits per heavy atom. The predicted octanol–water partition coefficient (Wildman–Crippen LogP) is 3.96. The normalized spacial score (nSPS) is 24.6. The summed E-state index contributed by atoms with van der Waals surface area (Å²) in [7, 11) is 0. The Kier molecular flexibility index (Phi) is 4.40. The van der Waals surface area contributed by atoms with Crippen LogP contribution in [0.1, 0.15) is 26.2 Å². The topological polar surface area (TPSA) is 21.3 Å². The Bertz CT molecular complexity index is 386. The van der Waals surface area contributed by atoms with E-state index >= 15 is 0 Å². The summed E-state index contributed by atoms with van der Waals surface area (Å²) >= 11 is 3.36. The fourth-order valence-electron chi connectivity index (χ4n) is 2.12.